The van der Waals surface area contributed by atoms with Gasteiger partial charge in [-0.05, 0) is 40.0 Å². The Hall–Kier alpha value is -1.70. The van der Waals surface area contributed by atoms with E-state index in [4.69, 9.17) is 15.0 Å². The molecule has 1 aliphatic rings. The zero-order chi connectivity index (χ0) is 23.7. The van der Waals surface area contributed by atoms with Crippen molar-refractivity contribution in [3.8, 4) is 0 Å². The van der Waals surface area contributed by atoms with Crippen molar-refractivity contribution in [2.75, 3.05) is 12.3 Å². The number of ether oxygens (including phenoxy) is 1. The number of aliphatic hydroxyl groups is 3. The van der Waals surface area contributed by atoms with Crippen molar-refractivity contribution < 1.29 is 34.0 Å². The number of nitrogens with two attached hydrogens (primary N) is 1. The first-order valence-corrected chi connectivity index (χ1v) is 11.9. The van der Waals surface area contributed by atoms with Gasteiger partial charge in [0.05, 0.1) is 18.5 Å². The van der Waals surface area contributed by atoms with Crippen LogP contribution in [0, 0.1) is 0 Å². The lowest BCUT2D eigenvalue weighted by Gasteiger charge is -2.22. The van der Waals surface area contributed by atoms with Gasteiger partial charge in [-0.2, -0.15) is 0 Å². The lowest BCUT2D eigenvalue weighted by molar-refractivity contribution is -0.0488. The minimum absolute atomic E-state index is 0.158. The Bertz CT molecular complexity index is 967. The first kappa shape index (κ1) is 24.9. The summed E-state index contributed by atoms with van der Waals surface area (Å²) in [5, 5.41) is 33.1. The minimum atomic E-state index is -4.20. The molecule has 2 aromatic rings. The van der Waals surface area contributed by atoms with Crippen molar-refractivity contribution in [3.05, 3.63) is 12.7 Å². The molecule has 0 amide bonds. The highest BCUT2D eigenvalue weighted by Crippen LogP contribution is 2.40. The highest BCUT2D eigenvalue weighted by molar-refractivity contribution is 7.50. The van der Waals surface area contributed by atoms with Crippen LogP contribution in [0.2, 0.25) is 0 Å². The third-order valence-corrected chi connectivity index (χ3v) is 6.49. The van der Waals surface area contributed by atoms with E-state index in [0.717, 1.165) is 0 Å². The molecule has 2 aromatic heterocycles. The fourth-order valence-electron chi connectivity index (χ4n) is 3.55. The summed E-state index contributed by atoms with van der Waals surface area (Å²) in [4.78, 5) is 22.1. The smallest absolute Gasteiger partial charge is 0.390 e. The van der Waals surface area contributed by atoms with Gasteiger partial charge in [-0.15, -0.1) is 0 Å². The lowest BCUT2D eigenvalue weighted by Crippen LogP contribution is -2.34. The van der Waals surface area contributed by atoms with Gasteiger partial charge in [0, 0.05) is 6.04 Å². The number of imidazole rings is 1. The highest BCUT2D eigenvalue weighted by Gasteiger charge is 2.45. The van der Waals surface area contributed by atoms with Crippen LogP contribution >= 0.6 is 7.75 Å². The number of anilines is 1. The Balaban J connectivity index is 1.57. The van der Waals surface area contributed by atoms with E-state index in [-0.39, 0.29) is 11.9 Å². The van der Waals surface area contributed by atoms with Crippen LogP contribution < -0.4 is 10.8 Å². The summed E-state index contributed by atoms with van der Waals surface area (Å²) < 4.78 is 24.6. The third kappa shape index (κ3) is 6.00. The molecule has 0 spiro atoms. The summed E-state index contributed by atoms with van der Waals surface area (Å²) in [5.41, 5.74) is 5.60. The maximum absolute atomic E-state index is 12.4. The van der Waals surface area contributed by atoms with Crippen molar-refractivity contribution in [1.82, 2.24) is 24.6 Å². The second-order valence-electron chi connectivity index (χ2n) is 8.68. The number of fused-ring (bicyclic) bond motifs is 1. The molecule has 1 aliphatic heterocycles. The number of rotatable bonds is 10. The van der Waals surface area contributed by atoms with E-state index in [1.165, 1.54) is 17.2 Å². The predicted octanol–water partition coefficient (Wildman–Crippen LogP) is 0.0640. The van der Waals surface area contributed by atoms with Crippen molar-refractivity contribution in [1.29, 1.82) is 0 Å². The number of aliphatic hydroxyl groups excluding tert-OH is 2. The van der Waals surface area contributed by atoms with Gasteiger partial charge in [0.15, 0.2) is 17.7 Å². The molecule has 1 saturated heterocycles. The maximum atomic E-state index is 12.4. The van der Waals surface area contributed by atoms with Gasteiger partial charge in [-0.3, -0.25) is 9.09 Å². The number of hydrogen-bond acceptors (Lipinski definition) is 10. The number of nitrogens with zero attached hydrogens (tertiary/aromatic N) is 4. The van der Waals surface area contributed by atoms with Crippen LogP contribution in [0.25, 0.3) is 11.2 Å². The van der Waals surface area contributed by atoms with E-state index in [0.29, 0.717) is 30.4 Å². The van der Waals surface area contributed by atoms with Crippen LogP contribution in [-0.2, 0) is 13.8 Å². The van der Waals surface area contributed by atoms with E-state index in [1.54, 1.807) is 20.8 Å². The molecule has 14 heteroatoms. The molecule has 6 atom stereocenters. The standard InChI is InChI=1S/C18H31N6O7P/c1-10(5-4-6-18(2,3)27)23-32(28,29)30-7-11-13(25)14(26)17(31-11)24-9-22-12-15(19)20-8-21-16(12)24/h8-11,13-14,17,25-27H,4-7H2,1-3H3,(H2,19,20,21)(H2,23,28,29)/t10?,11-,13-,14-,17-/m1/s1. The summed E-state index contributed by atoms with van der Waals surface area (Å²) in [6, 6.07) is -0.344. The Morgan fingerprint density at radius 2 is 2.06 bits per heavy atom. The van der Waals surface area contributed by atoms with Crippen molar-refractivity contribution >= 4 is 24.7 Å². The molecule has 3 heterocycles. The van der Waals surface area contributed by atoms with Gasteiger partial charge >= 0.3 is 7.75 Å². The first-order chi connectivity index (χ1) is 14.9. The van der Waals surface area contributed by atoms with Crippen molar-refractivity contribution in [2.45, 2.75) is 76.2 Å². The molecule has 0 radical (unpaired) electrons. The highest BCUT2D eigenvalue weighted by atomic mass is 31.2. The van der Waals surface area contributed by atoms with E-state index < -0.39 is 44.5 Å². The van der Waals surface area contributed by atoms with Crippen LogP contribution in [0.15, 0.2) is 12.7 Å². The second-order valence-corrected chi connectivity index (χ2v) is 10.2. The SMILES string of the molecule is CC(CCCC(C)(C)O)NP(=O)(O)OC[C@H]1O[C@@H](n2cnc3c(N)ncnc32)[C@H](O)[C@@H]1O. The lowest BCUT2D eigenvalue weighted by atomic mass is 10.00. The quantitative estimate of drug-likeness (QED) is 0.254. The van der Waals surface area contributed by atoms with Crippen LogP contribution in [0.4, 0.5) is 5.82 Å². The summed E-state index contributed by atoms with van der Waals surface area (Å²) in [6.45, 7) is 4.70. The zero-order valence-corrected chi connectivity index (χ0v) is 19.1. The molecular formula is C18H31N6O7P. The van der Waals surface area contributed by atoms with E-state index in [1.807, 2.05) is 0 Å². The maximum Gasteiger partial charge on any atom is 0.403 e. The number of nitrogens with one attached hydrogen (secondary N) is 1. The molecule has 2 unspecified atom stereocenters. The van der Waals surface area contributed by atoms with Gasteiger partial charge in [-0.1, -0.05) is 0 Å². The number of hydrogen-bond donors (Lipinski definition) is 6. The third-order valence-electron chi connectivity index (χ3n) is 5.22. The zero-order valence-electron chi connectivity index (χ0n) is 18.2. The fourth-order valence-corrected chi connectivity index (χ4v) is 4.66. The summed E-state index contributed by atoms with van der Waals surface area (Å²) in [6.07, 6.45) is -0.494. The summed E-state index contributed by atoms with van der Waals surface area (Å²) >= 11 is 0. The van der Waals surface area contributed by atoms with Gasteiger partial charge in [0.25, 0.3) is 0 Å². The van der Waals surface area contributed by atoms with Gasteiger partial charge in [-0.25, -0.2) is 24.6 Å². The van der Waals surface area contributed by atoms with Gasteiger partial charge in [0.2, 0.25) is 0 Å². The number of aromatic nitrogens is 4. The molecule has 0 saturated carbocycles. The Morgan fingerprint density at radius 3 is 2.75 bits per heavy atom. The summed E-state index contributed by atoms with van der Waals surface area (Å²) in [5.74, 6) is 0.158. The monoisotopic (exact) mass is 474 g/mol. The Labute approximate surface area is 185 Å². The van der Waals surface area contributed by atoms with E-state index in [2.05, 4.69) is 20.0 Å². The van der Waals surface area contributed by atoms with Gasteiger partial charge in [0.1, 0.15) is 30.2 Å². The van der Waals surface area contributed by atoms with Crippen LogP contribution in [0.5, 0.6) is 0 Å². The molecule has 13 nitrogen and oxygen atoms in total. The molecular weight excluding hydrogens is 443 g/mol. The number of nitrogen functional groups attached to an aromatic ring is 1. The first-order valence-electron chi connectivity index (χ1n) is 10.3. The van der Waals surface area contributed by atoms with Gasteiger partial charge < -0.3 is 30.7 Å². The topological polar surface area (TPSA) is 198 Å². The molecule has 7 N–H and O–H groups in total. The average Bonchev–Trinajstić information content (AvgIpc) is 3.22. The molecule has 3 rings (SSSR count). The van der Waals surface area contributed by atoms with Crippen LogP contribution in [0.1, 0.15) is 46.3 Å². The Kier molecular flexibility index (Phi) is 7.52. The van der Waals surface area contributed by atoms with E-state index in [9.17, 15) is 24.8 Å². The van der Waals surface area contributed by atoms with Crippen molar-refractivity contribution in [3.63, 3.8) is 0 Å². The van der Waals surface area contributed by atoms with Crippen molar-refractivity contribution in [2.24, 2.45) is 0 Å². The molecule has 0 aromatic carbocycles. The Morgan fingerprint density at radius 1 is 1.34 bits per heavy atom. The molecule has 32 heavy (non-hydrogen) atoms. The summed E-state index contributed by atoms with van der Waals surface area (Å²) in [7, 11) is -4.20. The van der Waals surface area contributed by atoms with Crippen LogP contribution in [0.3, 0.4) is 0 Å². The van der Waals surface area contributed by atoms with E-state index >= 15 is 0 Å². The second kappa shape index (κ2) is 9.65. The average molecular weight is 474 g/mol. The molecule has 0 bridgehead atoms. The molecule has 0 aliphatic carbocycles. The largest absolute Gasteiger partial charge is 0.403 e. The molecule has 180 valence electrons. The fraction of sp³-hybridized carbons (Fsp3) is 0.722. The minimum Gasteiger partial charge on any atom is -0.390 e. The van der Waals surface area contributed by atoms with Crippen LogP contribution in [-0.4, -0.2) is 76.3 Å². The molecule has 1 fully saturated rings. The predicted molar refractivity (Wildman–Crippen MR) is 114 cm³/mol. The normalized spacial score (nSPS) is 27.0.